The molecule has 2 aromatic rings. The van der Waals surface area contributed by atoms with Gasteiger partial charge in [0.05, 0.1) is 23.4 Å². The van der Waals surface area contributed by atoms with E-state index < -0.39 is 4.92 Å². The number of nitrogen functional groups attached to an aromatic ring is 1. The molecular weight excluding hydrogens is 262 g/mol. The summed E-state index contributed by atoms with van der Waals surface area (Å²) in [6.07, 6.45) is 0. The van der Waals surface area contributed by atoms with Gasteiger partial charge in [-0.15, -0.1) is 5.10 Å². The molecule has 1 heterocycles. The molecule has 0 saturated heterocycles. The molecule has 0 saturated carbocycles. The van der Waals surface area contributed by atoms with E-state index in [0.717, 1.165) is 0 Å². The molecule has 8 nitrogen and oxygen atoms in total. The smallest absolute Gasteiger partial charge is 0.313 e. The lowest BCUT2D eigenvalue weighted by atomic mass is 10.1. The Balaban J connectivity index is 2.59. The largest absolute Gasteiger partial charge is 0.490 e. The van der Waals surface area contributed by atoms with Crippen molar-refractivity contribution in [3.63, 3.8) is 0 Å². The minimum Gasteiger partial charge on any atom is -0.490 e. The molecule has 0 bridgehead atoms. The molecule has 0 unspecified atom stereocenters. The van der Waals surface area contributed by atoms with Crippen molar-refractivity contribution in [2.24, 2.45) is 0 Å². The van der Waals surface area contributed by atoms with Crippen molar-refractivity contribution >= 4 is 11.5 Å². The molecule has 20 heavy (non-hydrogen) atoms. The summed E-state index contributed by atoms with van der Waals surface area (Å²) >= 11 is 0. The van der Waals surface area contributed by atoms with E-state index in [-0.39, 0.29) is 17.4 Å². The van der Waals surface area contributed by atoms with E-state index in [2.05, 4.69) is 10.3 Å². The maximum absolute atomic E-state index is 11.0. The van der Waals surface area contributed by atoms with Crippen molar-refractivity contribution in [1.29, 1.82) is 0 Å². The molecule has 0 aliphatic carbocycles. The number of nitrogens with two attached hydrogens (primary N) is 1. The molecule has 0 aliphatic heterocycles. The van der Waals surface area contributed by atoms with Gasteiger partial charge in [0.1, 0.15) is 0 Å². The van der Waals surface area contributed by atoms with E-state index in [1.165, 1.54) is 23.9 Å². The number of aromatic nitrogens is 3. The summed E-state index contributed by atoms with van der Waals surface area (Å²) in [5.41, 5.74) is 6.88. The minimum absolute atomic E-state index is 0.0890. The highest BCUT2D eigenvalue weighted by molar-refractivity contribution is 5.54. The van der Waals surface area contributed by atoms with Gasteiger partial charge < -0.3 is 10.5 Å². The first-order valence-electron chi connectivity index (χ1n) is 5.99. The quantitative estimate of drug-likeness (QED) is 0.675. The molecule has 1 aromatic carbocycles. The van der Waals surface area contributed by atoms with E-state index in [1.807, 2.05) is 13.8 Å². The van der Waals surface area contributed by atoms with E-state index in [0.29, 0.717) is 17.2 Å². The lowest BCUT2D eigenvalue weighted by molar-refractivity contribution is -0.385. The van der Waals surface area contributed by atoms with Crippen LogP contribution in [0.25, 0.3) is 5.69 Å². The Bertz CT molecular complexity index is 651. The summed E-state index contributed by atoms with van der Waals surface area (Å²) in [5, 5.41) is 18.8. The van der Waals surface area contributed by atoms with Crippen LogP contribution in [0, 0.1) is 10.1 Å². The molecule has 0 atom stereocenters. The fourth-order valence-electron chi connectivity index (χ4n) is 1.98. The second-order valence-electron chi connectivity index (χ2n) is 4.54. The average molecular weight is 277 g/mol. The second-order valence-corrected chi connectivity index (χ2v) is 4.54. The van der Waals surface area contributed by atoms with Gasteiger partial charge in [-0.25, -0.2) is 4.68 Å². The highest BCUT2D eigenvalue weighted by Gasteiger charge is 2.20. The van der Waals surface area contributed by atoms with Gasteiger partial charge in [0.2, 0.25) is 0 Å². The number of nitro benzene ring substituents is 1. The van der Waals surface area contributed by atoms with Crippen LogP contribution in [-0.2, 0) is 0 Å². The van der Waals surface area contributed by atoms with Gasteiger partial charge in [-0.05, 0) is 18.1 Å². The first-order chi connectivity index (χ1) is 9.45. The first-order valence-corrected chi connectivity index (χ1v) is 5.99. The van der Waals surface area contributed by atoms with E-state index in [4.69, 9.17) is 10.5 Å². The van der Waals surface area contributed by atoms with Crippen LogP contribution in [0.15, 0.2) is 18.2 Å². The molecule has 2 N–H and O–H groups in total. The molecule has 0 aliphatic rings. The van der Waals surface area contributed by atoms with E-state index in [9.17, 15) is 10.1 Å². The molecule has 106 valence electrons. The Hall–Kier alpha value is -2.64. The molecular formula is C12H15N5O3. The summed E-state index contributed by atoms with van der Waals surface area (Å²) in [6.45, 7) is 3.90. The molecule has 8 heteroatoms. The van der Waals surface area contributed by atoms with Crippen LogP contribution < -0.4 is 10.5 Å². The van der Waals surface area contributed by atoms with Gasteiger partial charge in [0.25, 0.3) is 0 Å². The van der Waals surface area contributed by atoms with Crippen molar-refractivity contribution in [2.75, 3.05) is 12.8 Å². The summed E-state index contributed by atoms with van der Waals surface area (Å²) < 4.78 is 6.48. The van der Waals surface area contributed by atoms with Crippen molar-refractivity contribution in [3.05, 3.63) is 34.0 Å². The Kier molecular flexibility index (Phi) is 3.55. The van der Waals surface area contributed by atoms with Crippen molar-refractivity contribution in [3.8, 4) is 11.4 Å². The number of hydrogen-bond donors (Lipinski definition) is 1. The van der Waals surface area contributed by atoms with Crippen molar-refractivity contribution < 1.29 is 9.66 Å². The molecule has 2 rings (SSSR count). The van der Waals surface area contributed by atoms with Crippen LogP contribution in [0.1, 0.15) is 25.5 Å². The predicted octanol–water partition coefficient (Wildman–Crippen LogP) is 1.89. The number of anilines is 1. The normalized spacial score (nSPS) is 10.8. The van der Waals surface area contributed by atoms with Crippen LogP contribution in [-0.4, -0.2) is 27.0 Å². The lowest BCUT2D eigenvalue weighted by Crippen LogP contribution is -2.06. The fraction of sp³-hybridized carbons (Fsp3) is 0.333. The van der Waals surface area contributed by atoms with Gasteiger partial charge >= 0.3 is 5.69 Å². The number of rotatable bonds is 4. The zero-order valence-electron chi connectivity index (χ0n) is 11.4. The fourth-order valence-corrected chi connectivity index (χ4v) is 1.98. The molecule has 0 amide bonds. The number of hydrogen-bond acceptors (Lipinski definition) is 6. The Labute approximate surface area is 115 Å². The van der Waals surface area contributed by atoms with Gasteiger partial charge in [-0.2, -0.15) is 0 Å². The number of nitrogens with zero attached hydrogens (tertiary/aromatic N) is 4. The summed E-state index contributed by atoms with van der Waals surface area (Å²) in [5.74, 6) is 0.600. The summed E-state index contributed by atoms with van der Waals surface area (Å²) in [7, 11) is 1.38. The second kappa shape index (κ2) is 5.16. The molecule has 0 spiro atoms. The van der Waals surface area contributed by atoms with Gasteiger partial charge in [0, 0.05) is 6.07 Å². The van der Waals surface area contributed by atoms with Gasteiger partial charge in [0.15, 0.2) is 11.6 Å². The maximum Gasteiger partial charge on any atom is 0.313 e. The van der Waals surface area contributed by atoms with Crippen LogP contribution in [0.5, 0.6) is 5.75 Å². The van der Waals surface area contributed by atoms with Gasteiger partial charge in [-0.3, -0.25) is 10.1 Å². The topological polar surface area (TPSA) is 109 Å². The predicted molar refractivity (Wildman–Crippen MR) is 73.1 cm³/mol. The van der Waals surface area contributed by atoms with Crippen LogP contribution >= 0.6 is 0 Å². The number of ether oxygens (including phenoxy) is 1. The Morgan fingerprint density at radius 3 is 2.70 bits per heavy atom. The summed E-state index contributed by atoms with van der Waals surface area (Å²) in [4.78, 5) is 10.5. The Morgan fingerprint density at radius 2 is 2.15 bits per heavy atom. The standard InChI is InChI=1S/C12H15N5O3/c1-7(2)11-12(13)14-15-16(11)8-4-5-10(20-3)9(6-8)17(18)19/h4-7H,13H2,1-3H3. The molecule has 0 radical (unpaired) electrons. The van der Waals surface area contributed by atoms with Crippen LogP contribution in [0.2, 0.25) is 0 Å². The summed E-state index contributed by atoms with van der Waals surface area (Å²) in [6, 6.07) is 4.58. The molecule has 1 aromatic heterocycles. The third-order valence-electron chi connectivity index (χ3n) is 2.88. The first kappa shape index (κ1) is 13.8. The average Bonchev–Trinajstić information content (AvgIpc) is 2.79. The van der Waals surface area contributed by atoms with E-state index in [1.54, 1.807) is 6.07 Å². The lowest BCUT2D eigenvalue weighted by Gasteiger charge is -2.10. The zero-order valence-corrected chi connectivity index (χ0v) is 11.4. The number of methoxy groups -OCH3 is 1. The SMILES string of the molecule is COc1ccc(-n2nnc(N)c2C(C)C)cc1[N+](=O)[O-]. The third-order valence-corrected chi connectivity index (χ3v) is 2.88. The highest BCUT2D eigenvalue weighted by atomic mass is 16.6. The highest BCUT2D eigenvalue weighted by Crippen LogP contribution is 2.30. The third kappa shape index (κ3) is 2.27. The van der Waals surface area contributed by atoms with E-state index >= 15 is 0 Å². The Morgan fingerprint density at radius 1 is 1.45 bits per heavy atom. The molecule has 0 fully saturated rings. The maximum atomic E-state index is 11.0. The number of benzene rings is 1. The van der Waals surface area contributed by atoms with Crippen molar-refractivity contribution in [1.82, 2.24) is 15.0 Å². The van der Waals surface area contributed by atoms with Crippen LogP contribution in [0.3, 0.4) is 0 Å². The van der Waals surface area contributed by atoms with Crippen LogP contribution in [0.4, 0.5) is 11.5 Å². The monoisotopic (exact) mass is 277 g/mol. The number of nitro groups is 1. The minimum atomic E-state index is -0.502. The van der Waals surface area contributed by atoms with Gasteiger partial charge in [-0.1, -0.05) is 19.1 Å². The van der Waals surface area contributed by atoms with Crippen molar-refractivity contribution in [2.45, 2.75) is 19.8 Å². The zero-order chi connectivity index (χ0) is 14.9.